The molecular weight excluding hydrogens is 605 g/mol. The zero-order chi connectivity index (χ0) is 32.3. The van der Waals surface area contributed by atoms with Crippen molar-refractivity contribution in [1.82, 2.24) is 9.88 Å². The van der Waals surface area contributed by atoms with Crippen molar-refractivity contribution in [1.29, 1.82) is 0 Å². The van der Waals surface area contributed by atoms with Crippen LogP contribution in [0.15, 0.2) is 48.7 Å². The van der Waals surface area contributed by atoms with Crippen molar-refractivity contribution in [2.24, 2.45) is 0 Å². The lowest BCUT2D eigenvalue weighted by Crippen LogP contribution is -2.42. The molecule has 0 fully saturated rings. The minimum atomic E-state index is -1.36. The summed E-state index contributed by atoms with van der Waals surface area (Å²) in [7, 11) is 2.91. The lowest BCUT2D eigenvalue weighted by atomic mass is 9.88. The number of amides is 4. The van der Waals surface area contributed by atoms with Gasteiger partial charge in [0.2, 0.25) is 11.8 Å². The molecule has 1 aromatic heterocycles. The molecule has 4 amide bonds. The van der Waals surface area contributed by atoms with E-state index < -0.39 is 29.5 Å². The summed E-state index contributed by atoms with van der Waals surface area (Å²) < 4.78 is 25.4. The molecule has 2 bridgehead atoms. The van der Waals surface area contributed by atoms with Crippen LogP contribution in [0.25, 0.3) is 11.3 Å². The number of cyclic esters (lactones) is 1. The van der Waals surface area contributed by atoms with Crippen molar-refractivity contribution >= 4 is 52.7 Å². The quantitative estimate of drug-likeness (QED) is 0.285. The Bertz CT molecular complexity index is 1670. The fraction of sp³-hybridized carbons (Fsp3) is 0.344. The van der Waals surface area contributed by atoms with Gasteiger partial charge in [-0.25, -0.2) is 14.0 Å². The van der Waals surface area contributed by atoms with Crippen LogP contribution >= 0.6 is 11.6 Å². The molecule has 0 saturated heterocycles. The standard InChI is InChI=1S/C32H33ClFN5O6/c1-32(27-23(38-31(43)45-32)11-10-22(33)28(27)34)13-15-39(2)29(41)20-6-4-5-7-26(40)37-25-17-19(36-30(42)44-3)8-9-21(25)24-16-18(20)12-14-35-24/h8-12,14,16-17,20H,4-7,13,15H2,1-3H3,(H,36,42)(H,37,40)(H,38,43)/t20-,32+/m0/s1. The highest BCUT2D eigenvalue weighted by atomic mass is 35.5. The van der Waals surface area contributed by atoms with Crippen LogP contribution in [0.3, 0.4) is 0 Å². The molecule has 0 radical (unpaired) electrons. The number of halogens is 2. The van der Waals surface area contributed by atoms with E-state index in [0.29, 0.717) is 41.9 Å². The largest absolute Gasteiger partial charge is 0.453 e. The molecule has 236 valence electrons. The summed E-state index contributed by atoms with van der Waals surface area (Å²) >= 11 is 6.05. The summed E-state index contributed by atoms with van der Waals surface area (Å²) in [6.45, 7) is 1.76. The van der Waals surface area contributed by atoms with Gasteiger partial charge in [0.25, 0.3) is 0 Å². The zero-order valence-electron chi connectivity index (χ0n) is 25.0. The van der Waals surface area contributed by atoms with Gasteiger partial charge in [0, 0.05) is 43.9 Å². The molecule has 2 atom stereocenters. The Morgan fingerprint density at radius 1 is 1.16 bits per heavy atom. The highest BCUT2D eigenvalue weighted by Gasteiger charge is 2.41. The van der Waals surface area contributed by atoms with E-state index >= 15 is 4.39 Å². The molecular formula is C32H33ClFN5O6. The van der Waals surface area contributed by atoms with Crippen molar-refractivity contribution < 1.29 is 33.0 Å². The van der Waals surface area contributed by atoms with E-state index in [2.05, 4.69) is 25.7 Å². The van der Waals surface area contributed by atoms with Crippen molar-refractivity contribution in [2.45, 2.75) is 50.5 Å². The van der Waals surface area contributed by atoms with Gasteiger partial charge < -0.3 is 19.7 Å². The molecule has 0 spiro atoms. The van der Waals surface area contributed by atoms with Crippen LogP contribution in [0.4, 0.5) is 31.0 Å². The van der Waals surface area contributed by atoms with Crippen LogP contribution in [-0.2, 0) is 24.7 Å². The Hall–Kier alpha value is -4.71. The number of anilines is 3. The number of nitrogens with one attached hydrogen (secondary N) is 3. The van der Waals surface area contributed by atoms with E-state index in [9.17, 15) is 19.2 Å². The van der Waals surface area contributed by atoms with Gasteiger partial charge in [-0.05, 0) is 67.8 Å². The Balaban J connectivity index is 1.41. The lowest BCUT2D eigenvalue weighted by molar-refractivity contribution is -0.132. The van der Waals surface area contributed by atoms with Gasteiger partial charge in [-0.1, -0.05) is 18.0 Å². The van der Waals surface area contributed by atoms with E-state index in [0.717, 1.165) is 5.56 Å². The molecule has 2 aliphatic heterocycles. The number of fused-ring (bicyclic) bond motifs is 5. The van der Waals surface area contributed by atoms with Gasteiger partial charge in [-0.3, -0.25) is 25.2 Å². The Labute approximate surface area is 264 Å². The van der Waals surface area contributed by atoms with E-state index in [4.69, 9.17) is 16.3 Å². The number of ether oxygens (including phenoxy) is 2. The van der Waals surface area contributed by atoms with Crippen molar-refractivity contribution in [3.8, 4) is 11.3 Å². The molecule has 2 aliphatic rings. The summed E-state index contributed by atoms with van der Waals surface area (Å²) in [6.07, 6.45) is 2.23. The fourth-order valence-corrected chi connectivity index (χ4v) is 5.86. The number of carbonyl (C=O) groups excluding carboxylic acids is 4. The second-order valence-electron chi connectivity index (χ2n) is 11.2. The third kappa shape index (κ3) is 6.85. The van der Waals surface area contributed by atoms with Crippen molar-refractivity contribution in [3.63, 3.8) is 0 Å². The maximum atomic E-state index is 15.1. The number of aromatic nitrogens is 1. The van der Waals surface area contributed by atoms with Gasteiger partial charge >= 0.3 is 12.2 Å². The van der Waals surface area contributed by atoms with Gasteiger partial charge in [-0.2, -0.15) is 0 Å². The van der Waals surface area contributed by atoms with Gasteiger partial charge in [0.05, 0.1) is 40.7 Å². The summed E-state index contributed by atoms with van der Waals surface area (Å²) in [5.41, 5.74) is 1.80. The minimum Gasteiger partial charge on any atom is -0.453 e. The molecule has 3 aromatic rings. The summed E-state index contributed by atoms with van der Waals surface area (Å²) in [4.78, 5) is 56.9. The van der Waals surface area contributed by atoms with Crippen LogP contribution in [0, 0.1) is 5.82 Å². The Morgan fingerprint density at radius 2 is 1.96 bits per heavy atom. The molecule has 0 unspecified atom stereocenters. The summed E-state index contributed by atoms with van der Waals surface area (Å²) in [5.74, 6) is -1.63. The summed E-state index contributed by atoms with van der Waals surface area (Å²) in [5, 5.41) is 7.92. The fourth-order valence-electron chi connectivity index (χ4n) is 5.70. The maximum absolute atomic E-state index is 15.1. The molecule has 45 heavy (non-hydrogen) atoms. The summed E-state index contributed by atoms with van der Waals surface area (Å²) in [6, 6.07) is 11.5. The first-order chi connectivity index (χ1) is 21.5. The first-order valence-electron chi connectivity index (χ1n) is 14.5. The third-order valence-electron chi connectivity index (χ3n) is 8.11. The molecule has 3 heterocycles. The van der Waals surface area contributed by atoms with Crippen LogP contribution in [0.1, 0.15) is 56.1 Å². The second-order valence-corrected chi connectivity index (χ2v) is 11.6. The molecule has 5 rings (SSSR count). The number of rotatable bonds is 5. The first kappa shape index (κ1) is 31.7. The predicted octanol–water partition coefficient (Wildman–Crippen LogP) is 6.64. The van der Waals surface area contributed by atoms with E-state index in [1.54, 1.807) is 49.3 Å². The number of benzene rings is 2. The molecule has 3 N–H and O–H groups in total. The molecule has 0 saturated carbocycles. The van der Waals surface area contributed by atoms with E-state index in [1.165, 1.54) is 19.2 Å². The van der Waals surface area contributed by atoms with Gasteiger partial charge in [-0.15, -0.1) is 0 Å². The van der Waals surface area contributed by atoms with Crippen LogP contribution in [0.5, 0.6) is 0 Å². The highest BCUT2D eigenvalue weighted by Crippen LogP contribution is 2.42. The number of hydrogen-bond donors (Lipinski definition) is 3. The minimum absolute atomic E-state index is 0.0999. The predicted molar refractivity (Wildman–Crippen MR) is 167 cm³/mol. The number of nitrogens with zero attached hydrogens (tertiary/aromatic N) is 2. The number of carbonyl (C=O) groups is 4. The topological polar surface area (TPSA) is 139 Å². The smallest absolute Gasteiger partial charge is 0.412 e. The maximum Gasteiger partial charge on any atom is 0.412 e. The van der Waals surface area contributed by atoms with Crippen LogP contribution in [0.2, 0.25) is 5.02 Å². The SMILES string of the molecule is COC(=O)Nc1ccc2c(c1)NC(=O)CCCC[C@H](C(=O)N(C)CC[C@@]1(C)OC(=O)Nc3ccc(Cl)c(F)c31)c1ccnc-2c1. The lowest BCUT2D eigenvalue weighted by Gasteiger charge is -2.37. The van der Waals surface area contributed by atoms with E-state index in [1.807, 2.05) is 6.07 Å². The van der Waals surface area contributed by atoms with Crippen LogP contribution in [-0.4, -0.2) is 54.6 Å². The number of methoxy groups -OCH3 is 1. The number of hydrogen-bond acceptors (Lipinski definition) is 7. The van der Waals surface area contributed by atoms with Gasteiger partial charge in [0.1, 0.15) is 5.60 Å². The average Bonchev–Trinajstić information content (AvgIpc) is 3.01. The van der Waals surface area contributed by atoms with Crippen molar-refractivity contribution in [2.75, 3.05) is 36.7 Å². The molecule has 11 nitrogen and oxygen atoms in total. The van der Waals surface area contributed by atoms with Gasteiger partial charge in [0.15, 0.2) is 5.82 Å². The second kappa shape index (κ2) is 13.1. The average molecular weight is 638 g/mol. The Kier molecular flexibility index (Phi) is 9.24. The third-order valence-corrected chi connectivity index (χ3v) is 8.40. The van der Waals surface area contributed by atoms with E-state index in [-0.39, 0.29) is 47.5 Å². The number of pyridine rings is 1. The normalized spacial score (nSPS) is 19.3. The zero-order valence-corrected chi connectivity index (χ0v) is 25.8. The molecule has 0 aliphatic carbocycles. The first-order valence-corrected chi connectivity index (χ1v) is 14.9. The molecule has 2 aromatic carbocycles. The van der Waals surface area contributed by atoms with Crippen LogP contribution < -0.4 is 16.0 Å². The monoisotopic (exact) mass is 637 g/mol. The van der Waals surface area contributed by atoms with Crippen molar-refractivity contribution in [3.05, 3.63) is 70.6 Å². The Morgan fingerprint density at radius 3 is 2.73 bits per heavy atom. The number of likely N-dealkylation sites (N-methyl/N-ethyl adjacent to an activating group) is 1. The highest BCUT2D eigenvalue weighted by molar-refractivity contribution is 6.31. The molecule has 13 heteroatoms.